The Balaban J connectivity index is 0.000000188. The van der Waals surface area contributed by atoms with Gasteiger partial charge in [-0.1, -0.05) is 84.5 Å². The van der Waals surface area contributed by atoms with Gasteiger partial charge in [-0.3, -0.25) is 0 Å². The van der Waals surface area contributed by atoms with Crippen LogP contribution in [0.1, 0.15) is 64.5 Å². The van der Waals surface area contributed by atoms with Crippen molar-refractivity contribution < 1.29 is 35.8 Å². The summed E-state index contributed by atoms with van der Waals surface area (Å²) in [5.41, 5.74) is 2.16. The lowest BCUT2D eigenvalue weighted by atomic mass is 9.94. The molecule has 2 spiro atoms. The normalized spacial score (nSPS) is 24.0. The van der Waals surface area contributed by atoms with Gasteiger partial charge in [-0.15, -0.1) is 7.54 Å². The van der Waals surface area contributed by atoms with Crippen LogP contribution in [0, 0.1) is 24.7 Å². The highest BCUT2D eigenvalue weighted by Gasteiger charge is 2.43. The molecule has 0 unspecified atom stereocenters. The van der Waals surface area contributed by atoms with Crippen LogP contribution in [0.3, 0.4) is 0 Å². The number of aryl methyl sites for hydroxylation is 2. The van der Waals surface area contributed by atoms with Gasteiger partial charge < -0.3 is 18.9 Å². The second-order valence-electron chi connectivity index (χ2n) is 14.8. The Bertz CT molecular complexity index is 1560. The maximum absolute atomic E-state index is 12.4. The molecule has 0 radical (unpaired) electrons. The number of nitrogens with zero attached hydrogens (tertiary/aromatic N) is 2. The van der Waals surface area contributed by atoms with Gasteiger partial charge in [0.2, 0.25) is 0 Å². The molecule has 0 N–H and O–H groups in total. The lowest BCUT2D eigenvalue weighted by molar-refractivity contribution is -0.301. The lowest BCUT2D eigenvalue weighted by Crippen LogP contribution is -2.50. The van der Waals surface area contributed by atoms with E-state index in [1.165, 1.54) is 0 Å². The van der Waals surface area contributed by atoms with E-state index in [2.05, 4.69) is 35.2 Å². The monoisotopic (exact) mass is 742 g/mol. The van der Waals surface area contributed by atoms with E-state index >= 15 is 0 Å². The van der Waals surface area contributed by atoms with Crippen molar-refractivity contribution in [1.29, 1.82) is 0 Å². The van der Waals surface area contributed by atoms with Crippen molar-refractivity contribution in [3.8, 4) is 0 Å². The van der Waals surface area contributed by atoms with E-state index < -0.39 is 53.0 Å². The zero-order valence-electron chi connectivity index (χ0n) is 28.9. The average Bonchev–Trinajstić information content (AvgIpc) is 3.03. The highest BCUT2D eigenvalue weighted by atomic mass is 32.3. The molecular formula is C34H50N2O8S4. The topological polar surface area (TPSA) is 130 Å². The molecule has 14 heteroatoms. The Labute approximate surface area is 292 Å². The predicted octanol–water partition coefficient (Wildman–Crippen LogP) is 6.10. The predicted molar refractivity (Wildman–Crippen MR) is 191 cm³/mol. The summed E-state index contributed by atoms with van der Waals surface area (Å²) in [6.45, 7) is 15.1. The Morgan fingerprint density at radius 2 is 0.792 bits per heavy atom. The van der Waals surface area contributed by atoms with Crippen molar-refractivity contribution in [3.63, 3.8) is 0 Å². The van der Waals surface area contributed by atoms with Gasteiger partial charge in [0.25, 0.3) is 20.0 Å². The minimum absolute atomic E-state index is 0.0452. The summed E-state index contributed by atoms with van der Waals surface area (Å²) in [5, 5.41) is 0. The first-order valence-electron chi connectivity index (χ1n) is 16.4. The second kappa shape index (κ2) is 14.6. The van der Waals surface area contributed by atoms with E-state index in [1.54, 1.807) is 48.5 Å². The van der Waals surface area contributed by atoms with Crippen LogP contribution in [0.4, 0.5) is 0 Å². The number of hydrogen-bond donors (Lipinski definition) is 0. The number of ether oxygens (including phenoxy) is 4. The van der Waals surface area contributed by atoms with Crippen LogP contribution in [-0.4, -0.2) is 77.8 Å². The molecule has 4 aliphatic rings. The highest BCUT2D eigenvalue weighted by Crippen LogP contribution is 2.38. The van der Waals surface area contributed by atoms with Crippen molar-refractivity contribution in [2.24, 2.45) is 18.4 Å². The first kappa shape index (κ1) is 37.7. The molecule has 2 aromatic carbocycles. The van der Waals surface area contributed by atoms with Crippen LogP contribution in [-0.2, 0) is 60.4 Å². The molecular weight excluding hydrogens is 693 g/mol. The molecule has 0 aromatic heterocycles. The van der Waals surface area contributed by atoms with Gasteiger partial charge in [-0.2, -0.15) is 16.8 Å². The molecule has 6 rings (SSSR count). The van der Waals surface area contributed by atoms with Crippen molar-refractivity contribution >= 4 is 41.4 Å². The van der Waals surface area contributed by atoms with Crippen molar-refractivity contribution in [2.75, 3.05) is 49.4 Å². The van der Waals surface area contributed by atoms with E-state index in [9.17, 15) is 16.8 Å². The lowest BCUT2D eigenvalue weighted by Gasteiger charge is -2.45. The van der Waals surface area contributed by atoms with Crippen LogP contribution in [0.15, 0.2) is 65.9 Å². The fraction of sp³-hybridized carbons (Fsp3) is 0.647. The molecule has 48 heavy (non-hydrogen) atoms. The first-order chi connectivity index (χ1) is 22.4. The summed E-state index contributed by atoms with van der Waals surface area (Å²) in [7, 11) is -8.14. The average molecular weight is 743 g/mol. The maximum atomic E-state index is 12.4. The minimum Gasteiger partial charge on any atom is -0.349 e. The van der Waals surface area contributed by atoms with Gasteiger partial charge in [-0.05, 0) is 38.1 Å². The van der Waals surface area contributed by atoms with Crippen LogP contribution < -0.4 is 0 Å². The maximum Gasteiger partial charge on any atom is 0.287 e. The highest BCUT2D eigenvalue weighted by molar-refractivity contribution is 8.00. The minimum atomic E-state index is -3.58. The van der Waals surface area contributed by atoms with Gasteiger partial charge in [0, 0.05) is 59.5 Å². The van der Waals surface area contributed by atoms with Gasteiger partial charge in [-0.25, -0.2) is 0 Å². The van der Waals surface area contributed by atoms with Crippen LogP contribution >= 0.6 is 0 Å². The number of hydrogen-bond acceptors (Lipinski definition) is 8. The Kier molecular flexibility index (Phi) is 11.5. The summed E-state index contributed by atoms with van der Waals surface area (Å²) in [6, 6.07) is 13.7. The van der Waals surface area contributed by atoms with Gasteiger partial charge in [0.1, 0.15) is 0 Å². The van der Waals surface area contributed by atoms with E-state index in [0.29, 0.717) is 75.1 Å². The third kappa shape index (κ3) is 9.83. The van der Waals surface area contributed by atoms with Gasteiger partial charge >= 0.3 is 0 Å². The van der Waals surface area contributed by atoms with E-state index in [0.717, 1.165) is 11.1 Å². The number of rotatable bonds is 4. The summed E-state index contributed by atoms with van der Waals surface area (Å²) >= 11 is 0. The van der Waals surface area contributed by atoms with Gasteiger partial charge in [0.05, 0.1) is 36.2 Å². The Hall–Kier alpha value is -1.52. The molecule has 2 aromatic rings. The SMILES string of the molecule is Cc1ccc(S(=O)(=O)N=S2CCC3(CC2)OCC(C)(C)CO3)cc1.Cc1ccc(S(=O)(=O)N=S2CCC3(CC2)OCC(C)(C)CO3)cc1. The van der Waals surface area contributed by atoms with Crippen LogP contribution in [0.25, 0.3) is 0 Å². The molecule has 0 bridgehead atoms. The summed E-state index contributed by atoms with van der Waals surface area (Å²) < 4.78 is 82.1. The molecule has 10 nitrogen and oxygen atoms in total. The first-order valence-corrected chi connectivity index (χ1v) is 22.3. The molecule has 268 valence electrons. The molecule has 4 saturated heterocycles. The molecule has 0 saturated carbocycles. The second-order valence-corrected chi connectivity index (χ2v) is 22.3. The molecule has 4 heterocycles. The summed E-state index contributed by atoms with van der Waals surface area (Å²) in [4.78, 5) is 0.542. The van der Waals surface area contributed by atoms with E-state index in [1.807, 2.05) is 13.8 Å². The Morgan fingerprint density at radius 1 is 0.521 bits per heavy atom. The number of sulfonamides is 2. The third-order valence-electron chi connectivity index (χ3n) is 8.82. The van der Waals surface area contributed by atoms with Crippen molar-refractivity contribution in [2.45, 2.75) is 88.6 Å². The Morgan fingerprint density at radius 3 is 1.06 bits per heavy atom. The quantitative estimate of drug-likeness (QED) is 0.368. The fourth-order valence-corrected chi connectivity index (χ4v) is 13.2. The molecule has 0 aliphatic carbocycles. The third-order valence-corrected chi connectivity index (χ3v) is 16.5. The van der Waals surface area contributed by atoms with Crippen LogP contribution in [0.2, 0.25) is 0 Å². The van der Waals surface area contributed by atoms with E-state index in [-0.39, 0.29) is 20.6 Å². The summed E-state index contributed by atoms with van der Waals surface area (Å²) in [6.07, 6.45) is 2.83. The molecule has 4 fully saturated rings. The fourth-order valence-electron chi connectivity index (χ4n) is 5.53. The van der Waals surface area contributed by atoms with Crippen LogP contribution in [0.5, 0.6) is 0 Å². The van der Waals surface area contributed by atoms with Crippen molar-refractivity contribution in [3.05, 3.63) is 59.7 Å². The van der Waals surface area contributed by atoms with Crippen molar-refractivity contribution in [1.82, 2.24) is 0 Å². The molecule has 0 atom stereocenters. The zero-order valence-corrected chi connectivity index (χ0v) is 32.2. The zero-order chi connectivity index (χ0) is 34.8. The molecule has 0 amide bonds. The largest absolute Gasteiger partial charge is 0.349 e. The molecule has 4 aliphatic heterocycles. The number of benzene rings is 2. The smallest absolute Gasteiger partial charge is 0.287 e. The standard InChI is InChI=1S/2C17H25NO4S2/c2*1-14-4-6-15(7-5-14)24(19,20)18-23-10-8-17(9-11-23)21-12-16(2,3)13-22-17/h2*4-7H,8-13H2,1-3H3. The van der Waals surface area contributed by atoms with E-state index in [4.69, 9.17) is 18.9 Å². The summed E-state index contributed by atoms with van der Waals surface area (Å²) in [5.74, 6) is 1.75. The van der Waals surface area contributed by atoms with Gasteiger partial charge in [0.15, 0.2) is 11.6 Å².